The van der Waals surface area contributed by atoms with Gasteiger partial charge in [-0.05, 0) is 0 Å². The Kier molecular flexibility index (Phi) is 20.9. The zero-order valence-electron chi connectivity index (χ0n) is 33.2. The highest BCUT2D eigenvalue weighted by Gasteiger charge is 2.47. The smallest absolute Gasteiger partial charge is 0.333 e. The fourth-order valence-corrected chi connectivity index (χ4v) is 5.76. The molecule has 0 aromatic carbocycles. The fraction of sp³-hybridized carbons (Fsp3) is 0.684. The first-order valence-corrected chi connectivity index (χ1v) is 19.1. The van der Waals surface area contributed by atoms with Crippen LogP contribution in [0.15, 0.2) is 48.6 Å². The van der Waals surface area contributed by atoms with Crippen molar-refractivity contribution in [2.24, 2.45) is 0 Å². The van der Waals surface area contributed by atoms with Crippen LogP contribution in [0.2, 0.25) is 0 Å². The molecule has 3 fully saturated rings. The van der Waals surface area contributed by atoms with Gasteiger partial charge in [-0.1, -0.05) is 26.3 Å². The van der Waals surface area contributed by atoms with Gasteiger partial charge in [0.2, 0.25) is 0 Å². The molecule has 14 atom stereocenters. The number of aliphatic hydroxyl groups is 10. The molecule has 0 unspecified atom stereocenters. The Morgan fingerprint density at radius 2 is 0.836 bits per heavy atom. The minimum atomic E-state index is -1.83. The van der Waals surface area contributed by atoms with Crippen molar-refractivity contribution in [3.63, 3.8) is 0 Å². The van der Waals surface area contributed by atoms with Crippen molar-refractivity contribution < 1.29 is 113 Å². The summed E-state index contributed by atoms with van der Waals surface area (Å²) >= 11 is 0. The predicted molar refractivity (Wildman–Crippen MR) is 199 cm³/mol. The van der Waals surface area contributed by atoms with Crippen molar-refractivity contribution in [3.8, 4) is 0 Å². The second-order valence-electron chi connectivity index (χ2n) is 14.2. The van der Waals surface area contributed by atoms with Crippen molar-refractivity contribution in [1.29, 1.82) is 0 Å². The van der Waals surface area contributed by atoms with Gasteiger partial charge in [-0.15, -0.1) is 0 Å². The number of hydrogen-bond acceptors (Lipinski definition) is 23. The lowest BCUT2D eigenvalue weighted by Gasteiger charge is -2.40. The molecule has 3 heterocycles. The molecule has 0 amide bonds. The molecule has 3 aliphatic rings. The molecule has 0 aromatic heterocycles. The van der Waals surface area contributed by atoms with Gasteiger partial charge in [0, 0.05) is 61.2 Å². The summed E-state index contributed by atoms with van der Waals surface area (Å²) in [5.41, 5.74) is -0.409. The summed E-state index contributed by atoms with van der Waals surface area (Å²) in [6.07, 6.45) is -22.7. The summed E-state index contributed by atoms with van der Waals surface area (Å²) in [6, 6.07) is 0. The van der Waals surface area contributed by atoms with E-state index in [0.29, 0.717) is 0 Å². The Morgan fingerprint density at radius 1 is 0.475 bits per heavy atom. The quantitative estimate of drug-likeness (QED) is 0.0261. The number of carbonyl (C=O) groups excluding carboxylic acids is 4. The molecule has 3 rings (SSSR count). The Balaban J connectivity index is 1.40. The molecular formula is C38H56O23. The van der Waals surface area contributed by atoms with Gasteiger partial charge in [-0.2, -0.15) is 0 Å². The van der Waals surface area contributed by atoms with Gasteiger partial charge < -0.3 is 93.7 Å². The van der Waals surface area contributed by atoms with Crippen molar-refractivity contribution >= 4 is 23.9 Å². The molecule has 0 radical (unpaired) electrons. The maximum absolute atomic E-state index is 12.7. The Bertz CT molecular complexity index is 1530. The third-order valence-corrected chi connectivity index (χ3v) is 9.67. The number of ether oxygens (including phenoxy) is 9. The monoisotopic (exact) mass is 880 g/mol. The van der Waals surface area contributed by atoms with Crippen molar-refractivity contribution in [2.75, 3.05) is 52.9 Å². The molecule has 0 aliphatic carbocycles. The van der Waals surface area contributed by atoms with Crippen LogP contribution in [0.3, 0.4) is 0 Å². The van der Waals surface area contributed by atoms with Gasteiger partial charge in [0.15, 0.2) is 18.7 Å². The molecule has 10 N–H and O–H groups in total. The highest BCUT2D eigenvalue weighted by atomic mass is 16.7. The Labute approximate surface area is 349 Å². The summed E-state index contributed by atoms with van der Waals surface area (Å²) in [4.78, 5) is 49.2. The van der Waals surface area contributed by atoms with E-state index in [1.807, 2.05) is 0 Å². The standard InChI is InChI=1S/C38H56O23/c1-17(5-9-39)33(49)56-13-21-25(41)26(42)22(14-55-21)59-36(52)20(4)8-12-54-38-32(48)30(46)28(44)24(61-38)16-58-35(51)19(3)7-11-53-37-31(47)29(45)27(43)23(60-37)15-57-34(50)18(2)6-10-40/h21-32,37-48H,1-16H2/t21-,22-,23+,24+,25+,26+,27+,28+,29-,30-,31+,32+,37+,38+/m0/s1. The van der Waals surface area contributed by atoms with E-state index in [0.717, 1.165) is 0 Å². The van der Waals surface area contributed by atoms with Crippen LogP contribution in [0.5, 0.6) is 0 Å². The van der Waals surface area contributed by atoms with Crippen LogP contribution < -0.4 is 0 Å². The molecule has 23 nitrogen and oxygen atoms in total. The van der Waals surface area contributed by atoms with Crippen LogP contribution in [-0.4, -0.2) is 214 Å². The second-order valence-corrected chi connectivity index (χ2v) is 14.2. The average Bonchev–Trinajstić information content (AvgIpc) is 3.23. The van der Waals surface area contributed by atoms with Crippen LogP contribution in [0, 0.1) is 0 Å². The lowest BCUT2D eigenvalue weighted by atomic mass is 9.99. The summed E-state index contributed by atoms with van der Waals surface area (Å²) in [6.45, 7) is 10.7. The summed E-state index contributed by atoms with van der Waals surface area (Å²) in [5.74, 6) is -3.71. The van der Waals surface area contributed by atoms with Crippen molar-refractivity contribution in [1.82, 2.24) is 0 Å². The lowest BCUT2D eigenvalue weighted by molar-refractivity contribution is -0.301. The number of hydrogen-bond donors (Lipinski definition) is 10. The van der Waals surface area contributed by atoms with E-state index in [2.05, 4.69) is 26.3 Å². The molecule has 0 saturated carbocycles. The van der Waals surface area contributed by atoms with Crippen molar-refractivity contribution in [2.45, 2.75) is 112 Å². The largest absolute Gasteiger partial charge is 0.459 e. The first-order valence-electron chi connectivity index (χ1n) is 19.1. The number of rotatable bonds is 23. The lowest BCUT2D eigenvalue weighted by Crippen LogP contribution is -2.59. The van der Waals surface area contributed by atoms with Crippen molar-refractivity contribution in [3.05, 3.63) is 48.6 Å². The van der Waals surface area contributed by atoms with E-state index in [9.17, 15) is 60.0 Å². The number of aliphatic hydroxyl groups excluding tert-OH is 10. The zero-order valence-corrected chi connectivity index (χ0v) is 33.2. The Morgan fingerprint density at radius 3 is 1.25 bits per heavy atom. The van der Waals surface area contributed by atoms with E-state index in [4.69, 9.17) is 52.8 Å². The van der Waals surface area contributed by atoms with Gasteiger partial charge in [0.1, 0.15) is 87.0 Å². The maximum atomic E-state index is 12.7. The summed E-state index contributed by atoms with van der Waals surface area (Å²) in [5, 5.41) is 101. The summed E-state index contributed by atoms with van der Waals surface area (Å²) < 4.78 is 47.6. The van der Waals surface area contributed by atoms with Gasteiger partial charge in [-0.25, -0.2) is 19.2 Å². The SMILES string of the molecule is C=C(CCO)C(=O)OC[C@@H]1OC[C@H](OC(=O)C(=C)CCO[C@@H]2O[C@H](COC(=O)C(=C)CCO[C@@H]3O[C@H](COC(=O)C(=C)CCO)[C@@H](O)[C@H](O)[C@H]3O)[C@@H](O)[C@H](O)[C@H]2O)[C@@H](O)[C@@H]1O. The molecule has 3 saturated heterocycles. The molecule has 0 aromatic rings. The second kappa shape index (κ2) is 24.8. The van der Waals surface area contributed by atoms with E-state index >= 15 is 0 Å². The molecule has 61 heavy (non-hydrogen) atoms. The van der Waals surface area contributed by atoms with Crippen LogP contribution in [0.4, 0.5) is 0 Å². The van der Waals surface area contributed by atoms with Crippen LogP contribution in [0.1, 0.15) is 25.7 Å². The van der Waals surface area contributed by atoms with E-state index in [1.54, 1.807) is 0 Å². The fourth-order valence-electron chi connectivity index (χ4n) is 5.76. The number of esters is 4. The first kappa shape index (κ1) is 51.6. The van der Waals surface area contributed by atoms with Gasteiger partial charge in [0.25, 0.3) is 0 Å². The average molecular weight is 881 g/mol. The normalized spacial score (nSPS) is 32.6. The molecule has 23 heteroatoms. The number of carbonyl (C=O) groups is 4. The predicted octanol–water partition coefficient (Wildman–Crippen LogP) is -4.93. The van der Waals surface area contributed by atoms with Crippen LogP contribution >= 0.6 is 0 Å². The Hall–Kier alpha value is -3.76. The van der Waals surface area contributed by atoms with E-state index in [1.165, 1.54) is 0 Å². The molecule has 3 aliphatic heterocycles. The topological polar surface area (TPSA) is 354 Å². The third-order valence-electron chi connectivity index (χ3n) is 9.67. The molecule has 0 spiro atoms. The highest BCUT2D eigenvalue weighted by Crippen LogP contribution is 2.26. The zero-order chi connectivity index (χ0) is 45.6. The first-order chi connectivity index (χ1) is 28.8. The maximum Gasteiger partial charge on any atom is 0.333 e. The molecular weight excluding hydrogens is 824 g/mol. The van der Waals surface area contributed by atoms with Gasteiger partial charge >= 0.3 is 23.9 Å². The highest BCUT2D eigenvalue weighted by molar-refractivity contribution is 5.89. The van der Waals surface area contributed by atoms with E-state index in [-0.39, 0.29) is 81.0 Å². The van der Waals surface area contributed by atoms with Crippen LogP contribution in [-0.2, 0) is 61.8 Å². The molecule has 346 valence electrons. The third kappa shape index (κ3) is 14.7. The minimum absolute atomic E-state index is 0.00801. The molecule has 0 bridgehead atoms. The summed E-state index contributed by atoms with van der Waals surface area (Å²) in [7, 11) is 0. The minimum Gasteiger partial charge on any atom is -0.459 e. The van der Waals surface area contributed by atoms with Crippen LogP contribution in [0.25, 0.3) is 0 Å². The van der Waals surface area contributed by atoms with Gasteiger partial charge in [0.05, 0.1) is 19.8 Å². The van der Waals surface area contributed by atoms with E-state index < -0.39 is 130 Å². The van der Waals surface area contributed by atoms with Gasteiger partial charge in [-0.3, -0.25) is 0 Å².